The number of guanidine groups is 1. The zero-order chi connectivity index (χ0) is 20.9. The molecule has 0 aliphatic carbocycles. The minimum Gasteiger partial charge on any atom is -0.487 e. The smallest absolute Gasteiger partial charge is 0.222 e. The van der Waals surface area contributed by atoms with Crippen LogP contribution < -0.4 is 15.4 Å². The Morgan fingerprint density at radius 1 is 1.33 bits per heavy atom. The number of benzene rings is 1. The summed E-state index contributed by atoms with van der Waals surface area (Å²) in [5.41, 5.74) is 0.943. The summed E-state index contributed by atoms with van der Waals surface area (Å²) in [5.74, 6) is 2.07. The first-order chi connectivity index (χ1) is 13.9. The van der Waals surface area contributed by atoms with E-state index in [0.717, 1.165) is 50.5 Å². The molecule has 2 aliphatic rings. The van der Waals surface area contributed by atoms with Gasteiger partial charge in [-0.2, -0.15) is 0 Å². The van der Waals surface area contributed by atoms with Crippen molar-refractivity contribution < 1.29 is 9.53 Å². The number of hydrogen-bond donors (Lipinski definition) is 2. The van der Waals surface area contributed by atoms with E-state index in [-0.39, 0.29) is 35.6 Å². The average molecular weight is 528 g/mol. The standard InChI is InChI=1S/C23H36N4O2.HI/c1-5-17(27-15-9-12-21(27)28)13-14-25-22(24-6-2)26-19-16-23(3,4)29-20-11-8-7-10-18(19)20;/h7-8,10-11,17,19H,5-6,9,12-16H2,1-4H3,(H2,24,25,26);1H. The third-order valence-corrected chi connectivity index (χ3v) is 5.79. The van der Waals surface area contributed by atoms with Crippen LogP contribution in [0.3, 0.4) is 0 Å². The van der Waals surface area contributed by atoms with Crippen molar-refractivity contribution in [3.8, 4) is 5.75 Å². The minimum absolute atomic E-state index is 0. The Bertz CT molecular complexity index is 738. The van der Waals surface area contributed by atoms with Crippen molar-refractivity contribution in [1.82, 2.24) is 15.5 Å². The van der Waals surface area contributed by atoms with Crippen molar-refractivity contribution in [2.75, 3.05) is 19.6 Å². The third kappa shape index (κ3) is 6.25. The van der Waals surface area contributed by atoms with Gasteiger partial charge in [-0.05, 0) is 46.1 Å². The monoisotopic (exact) mass is 528 g/mol. The average Bonchev–Trinajstić information content (AvgIpc) is 3.10. The highest BCUT2D eigenvalue weighted by Gasteiger charge is 2.34. The van der Waals surface area contributed by atoms with Crippen molar-refractivity contribution in [2.24, 2.45) is 4.99 Å². The van der Waals surface area contributed by atoms with Crippen LogP contribution in [0.5, 0.6) is 5.75 Å². The Morgan fingerprint density at radius 3 is 2.77 bits per heavy atom. The summed E-state index contributed by atoms with van der Waals surface area (Å²) in [7, 11) is 0. The molecule has 0 radical (unpaired) electrons. The summed E-state index contributed by atoms with van der Waals surface area (Å²) in [6, 6.07) is 8.67. The van der Waals surface area contributed by atoms with Gasteiger partial charge >= 0.3 is 0 Å². The predicted molar refractivity (Wildman–Crippen MR) is 133 cm³/mol. The zero-order valence-electron chi connectivity index (χ0n) is 18.7. The van der Waals surface area contributed by atoms with Crippen molar-refractivity contribution in [1.29, 1.82) is 0 Å². The van der Waals surface area contributed by atoms with Gasteiger partial charge in [0.05, 0.1) is 6.04 Å². The number of nitrogens with zero attached hydrogens (tertiary/aromatic N) is 2. The van der Waals surface area contributed by atoms with Gasteiger partial charge in [-0.15, -0.1) is 24.0 Å². The number of fused-ring (bicyclic) bond motifs is 1. The number of halogens is 1. The lowest BCUT2D eigenvalue weighted by atomic mass is 9.90. The number of rotatable bonds is 7. The number of carbonyl (C=O) groups excluding carboxylic acids is 1. The fraction of sp³-hybridized carbons (Fsp3) is 0.652. The first kappa shape index (κ1) is 24.8. The van der Waals surface area contributed by atoms with Crippen molar-refractivity contribution in [3.63, 3.8) is 0 Å². The summed E-state index contributed by atoms with van der Waals surface area (Å²) in [6.07, 6.45) is 4.43. The van der Waals surface area contributed by atoms with Crippen molar-refractivity contribution >= 4 is 35.8 Å². The van der Waals surface area contributed by atoms with E-state index in [4.69, 9.17) is 9.73 Å². The molecule has 2 atom stereocenters. The summed E-state index contributed by atoms with van der Waals surface area (Å²) in [6.45, 7) is 10.9. The Hall–Kier alpha value is -1.51. The normalized spacial score (nSPS) is 21.3. The second kappa shape index (κ2) is 11.2. The Labute approximate surface area is 198 Å². The molecule has 2 unspecified atom stereocenters. The molecule has 1 aromatic carbocycles. The van der Waals surface area contributed by atoms with Crippen LogP contribution in [0.25, 0.3) is 0 Å². The molecule has 2 aliphatic heterocycles. The van der Waals surface area contributed by atoms with Crippen LogP contribution in [0.15, 0.2) is 29.3 Å². The summed E-state index contributed by atoms with van der Waals surface area (Å²) in [4.78, 5) is 18.9. The van der Waals surface area contributed by atoms with Gasteiger partial charge in [-0.25, -0.2) is 0 Å². The van der Waals surface area contributed by atoms with Gasteiger partial charge in [0.1, 0.15) is 11.4 Å². The Kier molecular flexibility index (Phi) is 9.25. The molecule has 1 saturated heterocycles. The molecular formula is C23H37IN4O2. The van der Waals surface area contributed by atoms with Crippen molar-refractivity contribution in [3.05, 3.63) is 29.8 Å². The molecule has 1 amide bonds. The number of hydrogen-bond acceptors (Lipinski definition) is 3. The third-order valence-electron chi connectivity index (χ3n) is 5.79. The first-order valence-electron chi connectivity index (χ1n) is 11.1. The fourth-order valence-electron chi connectivity index (χ4n) is 4.38. The molecule has 3 rings (SSSR count). The lowest BCUT2D eigenvalue weighted by Gasteiger charge is -2.38. The number of para-hydroxylation sites is 1. The first-order valence-corrected chi connectivity index (χ1v) is 11.1. The second-order valence-electron chi connectivity index (χ2n) is 8.60. The lowest BCUT2D eigenvalue weighted by molar-refractivity contribution is -0.129. The number of carbonyl (C=O) groups is 1. The molecule has 0 spiro atoms. The quantitative estimate of drug-likeness (QED) is 0.316. The minimum atomic E-state index is -0.229. The predicted octanol–water partition coefficient (Wildman–Crippen LogP) is 4.25. The van der Waals surface area contributed by atoms with Crippen LogP contribution in [0, 0.1) is 0 Å². The highest BCUT2D eigenvalue weighted by Crippen LogP contribution is 2.39. The van der Waals surface area contributed by atoms with Crippen LogP contribution in [0.2, 0.25) is 0 Å². The van der Waals surface area contributed by atoms with Gasteiger partial charge in [0.15, 0.2) is 5.96 Å². The molecule has 7 heteroatoms. The van der Waals surface area contributed by atoms with Crippen LogP contribution in [-0.4, -0.2) is 48.0 Å². The van der Waals surface area contributed by atoms with E-state index in [2.05, 4.69) is 50.5 Å². The lowest BCUT2D eigenvalue weighted by Crippen LogP contribution is -2.45. The van der Waals surface area contributed by atoms with E-state index in [1.54, 1.807) is 0 Å². The SMILES string of the molecule is CCNC(=NCCC(CC)N1CCCC1=O)NC1CC(C)(C)Oc2ccccc21.I. The molecule has 2 heterocycles. The molecule has 0 aromatic heterocycles. The van der Waals surface area contributed by atoms with E-state index < -0.39 is 0 Å². The number of nitrogens with one attached hydrogen (secondary N) is 2. The Morgan fingerprint density at radius 2 is 2.10 bits per heavy atom. The van der Waals surface area contributed by atoms with Gasteiger partial charge in [0.25, 0.3) is 0 Å². The van der Waals surface area contributed by atoms with Gasteiger partial charge in [0.2, 0.25) is 5.91 Å². The number of amides is 1. The van der Waals surface area contributed by atoms with E-state index in [9.17, 15) is 4.79 Å². The van der Waals surface area contributed by atoms with E-state index in [1.165, 1.54) is 5.56 Å². The molecule has 30 heavy (non-hydrogen) atoms. The van der Waals surface area contributed by atoms with Gasteiger partial charge in [-0.3, -0.25) is 9.79 Å². The summed E-state index contributed by atoms with van der Waals surface area (Å²) in [5, 5.41) is 6.99. The summed E-state index contributed by atoms with van der Waals surface area (Å²) < 4.78 is 6.15. The molecule has 1 fully saturated rings. The molecule has 2 N–H and O–H groups in total. The van der Waals surface area contributed by atoms with Crippen LogP contribution >= 0.6 is 24.0 Å². The maximum Gasteiger partial charge on any atom is 0.222 e. The zero-order valence-corrected chi connectivity index (χ0v) is 21.1. The van der Waals surface area contributed by atoms with Crippen molar-refractivity contribution in [2.45, 2.75) is 77.5 Å². The summed E-state index contributed by atoms with van der Waals surface area (Å²) >= 11 is 0. The van der Waals surface area contributed by atoms with Gasteiger partial charge < -0.3 is 20.3 Å². The highest BCUT2D eigenvalue weighted by atomic mass is 127. The Balaban J connectivity index is 0.00000320. The van der Waals surface area contributed by atoms with E-state index in [0.29, 0.717) is 24.9 Å². The number of ether oxygens (including phenoxy) is 1. The maximum absolute atomic E-state index is 12.1. The van der Waals surface area contributed by atoms with E-state index in [1.807, 2.05) is 17.0 Å². The second-order valence-corrected chi connectivity index (χ2v) is 8.60. The molecule has 168 valence electrons. The number of aliphatic imine (C=N–C) groups is 1. The van der Waals surface area contributed by atoms with Crippen LogP contribution in [0.4, 0.5) is 0 Å². The van der Waals surface area contributed by atoms with Gasteiger partial charge in [-0.1, -0.05) is 25.1 Å². The topological polar surface area (TPSA) is 66.0 Å². The van der Waals surface area contributed by atoms with Crippen LogP contribution in [0.1, 0.15) is 71.4 Å². The largest absolute Gasteiger partial charge is 0.487 e. The van der Waals surface area contributed by atoms with E-state index >= 15 is 0 Å². The highest BCUT2D eigenvalue weighted by molar-refractivity contribution is 14.0. The molecule has 6 nitrogen and oxygen atoms in total. The number of likely N-dealkylation sites (tertiary alicyclic amines) is 1. The van der Waals surface area contributed by atoms with Crippen LogP contribution in [-0.2, 0) is 4.79 Å². The maximum atomic E-state index is 12.1. The molecule has 1 aromatic rings. The fourth-order valence-corrected chi connectivity index (χ4v) is 4.38. The molecule has 0 saturated carbocycles. The molecule has 0 bridgehead atoms. The molecular weight excluding hydrogens is 491 g/mol. The van der Waals surface area contributed by atoms with Gasteiger partial charge in [0, 0.05) is 44.1 Å².